The van der Waals surface area contributed by atoms with Crippen molar-refractivity contribution in [1.29, 1.82) is 0 Å². The van der Waals surface area contributed by atoms with Crippen molar-refractivity contribution in [2.24, 2.45) is 11.8 Å². The molecule has 9 nitrogen and oxygen atoms in total. The molecule has 0 aromatic heterocycles. The maximum absolute atomic E-state index is 13.1. The van der Waals surface area contributed by atoms with Gasteiger partial charge in [0.05, 0.1) is 6.04 Å². The van der Waals surface area contributed by atoms with E-state index in [-0.39, 0.29) is 42.0 Å². The molecule has 3 amide bonds. The van der Waals surface area contributed by atoms with Gasteiger partial charge in [0.15, 0.2) is 0 Å². The van der Waals surface area contributed by atoms with E-state index in [1.807, 2.05) is 54.8 Å². The molecule has 0 radical (unpaired) electrons. The Kier molecular flexibility index (Phi) is 8.14. The first-order chi connectivity index (χ1) is 19.9. The third-order valence-corrected chi connectivity index (χ3v) is 8.73. The summed E-state index contributed by atoms with van der Waals surface area (Å²) in [5.41, 5.74) is 4.13. The third kappa shape index (κ3) is 6.05. The first-order valence-corrected chi connectivity index (χ1v) is 15.1. The molecule has 2 heterocycles. The lowest BCUT2D eigenvalue weighted by molar-refractivity contribution is -0.117. The number of nitrogens with one attached hydrogen (secondary N) is 2. The lowest BCUT2D eigenvalue weighted by Crippen LogP contribution is -2.55. The second-order valence-electron chi connectivity index (χ2n) is 13.1. The average molecular weight is 576 g/mol. The van der Waals surface area contributed by atoms with E-state index in [9.17, 15) is 14.4 Å². The van der Waals surface area contributed by atoms with Crippen LogP contribution in [0.5, 0.6) is 0 Å². The molecule has 2 aliphatic heterocycles. The molecular weight excluding hydrogens is 530 g/mol. The minimum absolute atomic E-state index is 0.00993. The van der Waals surface area contributed by atoms with Gasteiger partial charge in [0.2, 0.25) is 5.91 Å². The molecule has 2 fully saturated rings. The Balaban J connectivity index is 1.45. The van der Waals surface area contributed by atoms with Gasteiger partial charge in [0.25, 0.3) is 5.91 Å². The number of carbonyl (C=O) groups excluding carboxylic acids is 3. The summed E-state index contributed by atoms with van der Waals surface area (Å²) in [5, 5.41) is 6.44. The van der Waals surface area contributed by atoms with Crippen molar-refractivity contribution in [3.05, 3.63) is 53.6 Å². The van der Waals surface area contributed by atoms with Crippen LogP contribution in [0.2, 0.25) is 0 Å². The molecule has 1 unspecified atom stereocenters. The number of amides is 3. The van der Waals surface area contributed by atoms with Crippen molar-refractivity contribution in [3.8, 4) is 0 Å². The first kappa shape index (κ1) is 29.7. The van der Waals surface area contributed by atoms with Crippen molar-refractivity contribution in [2.75, 3.05) is 41.8 Å². The number of rotatable bonds is 5. The summed E-state index contributed by atoms with van der Waals surface area (Å²) >= 11 is 0. The van der Waals surface area contributed by atoms with Gasteiger partial charge in [-0.3, -0.25) is 9.59 Å². The number of piperazine rings is 1. The number of nitrogens with zero attached hydrogens (tertiary/aromatic N) is 3. The SMILES string of the molecule is CNC(=O)c1ccc(N[C@H]2c3cc(N4CCN(C(=O)OC(C)(C)C)C(C)C4)ccc3N(C(C)=O)[C@@H](C3CC3)[C@@H]2C)cc1. The van der Waals surface area contributed by atoms with Crippen molar-refractivity contribution < 1.29 is 19.1 Å². The zero-order valence-electron chi connectivity index (χ0n) is 25.9. The summed E-state index contributed by atoms with van der Waals surface area (Å²) in [6.45, 7) is 13.6. The summed E-state index contributed by atoms with van der Waals surface area (Å²) in [5.74, 6) is 0.624. The summed E-state index contributed by atoms with van der Waals surface area (Å²) < 4.78 is 5.64. The van der Waals surface area contributed by atoms with Crippen LogP contribution in [0.25, 0.3) is 0 Å². The summed E-state index contributed by atoms with van der Waals surface area (Å²) in [4.78, 5) is 44.1. The van der Waals surface area contributed by atoms with Crippen molar-refractivity contribution in [2.45, 2.75) is 78.1 Å². The van der Waals surface area contributed by atoms with E-state index >= 15 is 0 Å². The lowest BCUT2D eigenvalue weighted by atomic mass is 9.79. The summed E-state index contributed by atoms with van der Waals surface area (Å²) in [7, 11) is 1.63. The molecule has 3 aliphatic rings. The molecule has 9 heteroatoms. The normalized spacial score (nSPS) is 24.1. The van der Waals surface area contributed by atoms with Crippen molar-refractivity contribution in [3.63, 3.8) is 0 Å². The van der Waals surface area contributed by atoms with Crippen LogP contribution >= 0.6 is 0 Å². The quantitative estimate of drug-likeness (QED) is 0.494. The van der Waals surface area contributed by atoms with Crippen LogP contribution in [0, 0.1) is 11.8 Å². The summed E-state index contributed by atoms with van der Waals surface area (Å²) in [6, 6.07) is 14.1. The maximum atomic E-state index is 13.1. The Morgan fingerprint density at radius 3 is 2.24 bits per heavy atom. The van der Waals surface area contributed by atoms with Gasteiger partial charge in [-0.15, -0.1) is 0 Å². The van der Waals surface area contributed by atoms with Gasteiger partial charge in [-0.25, -0.2) is 4.79 Å². The Labute approximate surface area is 249 Å². The maximum Gasteiger partial charge on any atom is 0.410 e. The molecule has 1 aliphatic carbocycles. The fourth-order valence-electron chi connectivity index (χ4n) is 6.58. The van der Waals surface area contributed by atoms with Gasteiger partial charge >= 0.3 is 6.09 Å². The molecule has 2 aromatic carbocycles. The number of anilines is 3. The Bertz CT molecular complexity index is 1330. The third-order valence-electron chi connectivity index (χ3n) is 8.73. The molecule has 2 aromatic rings. The molecule has 5 rings (SSSR count). The number of ether oxygens (including phenoxy) is 1. The highest BCUT2D eigenvalue weighted by Gasteiger charge is 2.47. The van der Waals surface area contributed by atoms with E-state index in [1.165, 1.54) is 0 Å². The van der Waals surface area contributed by atoms with E-state index in [0.29, 0.717) is 31.1 Å². The first-order valence-electron chi connectivity index (χ1n) is 15.1. The van der Waals surface area contributed by atoms with Crippen LogP contribution in [-0.4, -0.2) is 67.2 Å². The van der Waals surface area contributed by atoms with E-state index in [0.717, 1.165) is 35.5 Å². The number of hydrogen-bond donors (Lipinski definition) is 2. The second kappa shape index (κ2) is 11.5. The largest absolute Gasteiger partial charge is 0.444 e. The number of carbonyl (C=O) groups is 3. The summed E-state index contributed by atoms with van der Waals surface area (Å²) in [6.07, 6.45) is 2.00. The van der Waals surface area contributed by atoms with Crippen LogP contribution < -0.4 is 20.4 Å². The zero-order valence-corrected chi connectivity index (χ0v) is 25.9. The second-order valence-corrected chi connectivity index (χ2v) is 13.1. The van der Waals surface area contributed by atoms with Gasteiger partial charge in [-0.1, -0.05) is 6.92 Å². The smallest absolute Gasteiger partial charge is 0.410 e. The molecule has 2 N–H and O–H groups in total. The molecule has 0 spiro atoms. The molecule has 1 saturated heterocycles. The monoisotopic (exact) mass is 575 g/mol. The highest BCUT2D eigenvalue weighted by Crippen LogP contribution is 2.50. The standard InChI is InChI=1S/C33H45N5O4/c1-20-19-36(16-17-37(20)32(41)42-33(4,5)6)26-14-15-28-27(18-26)29(21(2)30(23-8-9-23)38(28)22(3)39)35-25-12-10-24(11-13-25)31(40)34-7/h10-15,18,20-21,23,29-30,35H,8-9,16-17,19H2,1-7H3,(H,34,40)/t20?,21-,29-,30-/m1/s1. The Morgan fingerprint density at radius 2 is 1.67 bits per heavy atom. The van der Waals surface area contributed by atoms with E-state index < -0.39 is 5.60 Å². The molecule has 42 heavy (non-hydrogen) atoms. The van der Waals surface area contributed by atoms with Gasteiger partial charge in [0, 0.05) is 79.8 Å². The minimum Gasteiger partial charge on any atom is -0.444 e. The number of benzene rings is 2. The zero-order chi connectivity index (χ0) is 30.3. The highest BCUT2D eigenvalue weighted by atomic mass is 16.6. The van der Waals surface area contributed by atoms with Gasteiger partial charge in [0.1, 0.15) is 5.60 Å². The molecular formula is C33H45N5O4. The van der Waals surface area contributed by atoms with Crippen molar-refractivity contribution >= 4 is 35.0 Å². The fourth-order valence-corrected chi connectivity index (χ4v) is 6.58. The Morgan fingerprint density at radius 1 is 0.976 bits per heavy atom. The molecule has 0 bridgehead atoms. The molecule has 226 valence electrons. The van der Waals surface area contributed by atoms with Crippen molar-refractivity contribution in [1.82, 2.24) is 10.2 Å². The van der Waals surface area contributed by atoms with Gasteiger partial charge < -0.3 is 30.1 Å². The topological polar surface area (TPSA) is 94.2 Å². The average Bonchev–Trinajstić information content (AvgIpc) is 3.78. The van der Waals surface area contributed by atoms with Crippen LogP contribution in [0.3, 0.4) is 0 Å². The number of fused-ring (bicyclic) bond motifs is 1. The molecule has 4 atom stereocenters. The van der Waals surface area contributed by atoms with E-state index in [1.54, 1.807) is 14.0 Å². The minimum atomic E-state index is -0.533. The van der Waals surface area contributed by atoms with Gasteiger partial charge in [-0.05, 0) is 88.9 Å². The van der Waals surface area contributed by atoms with Crippen LogP contribution in [0.15, 0.2) is 42.5 Å². The van der Waals surface area contributed by atoms with Crippen LogP contribution in [0.4, 0.5) is 21.9 Å². The van der Waals surface area contributed by atoms with Crippen LogP contribution in [-0.2, 0) is 9.53 Å². The Hall–Kier alpha value is -3.75. The number of hydrogen-bond acceptors (Lipinski definition) is 6. The highest BCUT2D eigenvalue weighted by molar-refractivity contribution is 5.95. The van der Waals surface area contributed by atoms with E-state index in [4.69, 9.17) is 4.74 Å². The lowest BCUT2D eigenvalue weighted by Gasteiger charge is -2.47. The predicted molar refractivity (Wildman–Crippen MR) is 166 cm³/mol. The van der Waals surface area contributed by atoms with E-state index in [2.05, 4.69) is 47.6 Å². The fraction of sp³-hybridized carbons (Fsp3) is 0.545. The molecule has 1 saturated carbocycles. The van der Waals surface area contributed by atoms with Gasteiger partial charge in [-0.2, -0.15) is 0 Å². The van der Waals surface area contributed by atoms with Crippen LogP contribution in [0.1, 0.15) is 76.3 Å². The predicted octanol–water partition coefficient (Wildman–Crippen LogP) is 5.43.